The summed E-state index contributed by atoms with van der Waals surface area (Å²) in [5.41, 5.74) is -0.440. The van der Waals surface area contributed by atoms with Crippen molar-refractivity contribution in [1.82, 2.24) is 9.55 Å². The molecule has 1 N–H and O–H groups in total. The lowest BCUT2D eigenvalue weighted by atomic mass is 10.1. The molecule has 1 aliphatic rings. The maximum absolute atomic E-state index is 13.9. The van der Waals surface area contributed by atoms with Crippen LogP contribution in [0.2, 0.25) is 0 Å². The molecule has 0 saturated carbocycles. The Morgan fingerprint density at radius 1 is 1.00 bits per heavy atom. The first-order valence-electron chi connectivity index (χ1n) is 13.2. The number of amides is 2. The van der Waals surface area contributed by atoms with Gasteiger partial charge in [-0.15, -0.1) is 0 Å². The topological polar surface area (TPSA) is 93.5 Å². The molecule has 2 unspecified atom stereocenters. The quantitative estimate of drug-likeness (QED) is 0.279. The number of carbonyl (C=O) groups excluding carboxylic acids is 2. The van der Waals surface area contributed by atoms with Gasteiger partial charge < -0.3 is 10.1 Å². The number of hydrogen-bond donors (Lipinski definition) is 1. The largest absolute Gasteiger partial charge is 0.444 e. The molecule has 0 bridgehead atoms. The van der Waals surface area contributed by atoms with E-state index < -0.39 is 41.9 Å². The fourth-order valence-corrected chi connectivity index (χ4v) is 4.91. The highest BCUT2D eigenvalue weighted by molar-refractivity contribution is 5.94. The Hall–Kier alpha value is -4.93. The summed E-state index contributed by atoms with van der Waals surface area (Å²) in [7, 11) is 0. The van der Waals surface area contributed by atoms with E-state index in [0.29, 0.717) is 23.5 Å². The monoisotopic (exact) mass is 576 g/mol. The summed E-state index contributed by atoms with van der Waals surface area (Å²) in [5, 5.41) is 2.80. The minimum Gasteiger partial charge on any atom is -0.444 e. The lowest BCUT2D eigenvalue weighted by Crippen LogP contribution is -2.39. The van der Waals surface area contributed by atoms with E-state index in [4.69, 9.17) is 4.74 Å². The number of anilines is 2. The number of hydrogen-bond acceptors (Lipinski definition) is 5. The van der Waals surface area contributed by atoms with Crippen molar-refractivity contribution in [2.75, 3.05) is 10.2 Å². The maximum Gasteiger partial charge on any atom is 0.416 e. The summed E-state index contributed by atoms with van der Waals surface area (Å²) in [6, 6.07) is 21.2. The minimum absolute atomic E-state index is 0.123. The van der Waals surface area contributed by atoms with Crippen LogP contribution in [0.15, 0.2) is 95.9 Å². The van der Waals surface area contributed by atoms with E-state index in [-0.39, 0.29) is 23.8 Å². The van der Waals surface area contributed by atoms with Crippen LogP contribution in [-0.2, 0) is 28.9 Å². The average Bonchev–Trinajstić information content (AvgIpc) is 3.33. The van der Waals surface area contributed by atoms with Gasteiger partial charge in [0, 0.05) is 11.6 Å². The Balaban J connectivity index is 1.51. The molecule has 0 saturated heterocycles. The number of alkyl halides is 3. The maximum atomic E-state index is 13.9. The molecule has 5 rings (SSSR count). The number of carbonyl (C=O) groups is 2. The number of para-hydroxylation sites is 1. The number of ether oxygens (including phenoxy) is 1. The molecule has 0 spiro atoms. The minimum atomic E-state index is -4.60. The van der Waals surface area contributed by atoms with E-state index >= 15 is 0 Å². The van der Waals surface area contributed by atoms with Crippen LogP contribution in [0, 0.1) is 0 Å². The second-order valence-electron chi connectivity index (χ2n) is 10.0. The van der Waals surface area contributed by atoms with Crippen molar-refractivity contribution in [1.29, 1.82) is 0 Å². The lowest BCUT2D eigenvalue weighted by Gasteiger charge is -2.23. The van der Waals surface area contributed by atoms with Gasteiger partial charge in [0.25, 0.3) is 5.56 Å². The number of nitrogens with one attached hydrogen (secondary N) is 1. The van der Waals surface area contributed by atoms with Crippen molar-refractivity contribution in [2.24, 2.45) is 0 Å². The zero-order valence-corrected chi connectivity index (χ0v) is 22.5. The van der Waals surface area contributed by atoms with Crippen molar-refractivity contribution in [3.05, 3.63) is 124 Å². The predicted molar refractivity (Wildman–Crippen MR) is 150 cm³/mol. The Morgan fingerprint density at radius 3 is 2.36 bits per heavy atom. The first-order valence-corrected chi connectivity index (χ1v) is 13.2. The van der Waals surface area contributed by atoms with Gasteiger partial charge in [-0.1, -0.05) is 67.6 Å². The third-order valence-electron chi connectivity index (χ3n) is 6.99. The lowest BCUT2D eigenvalue weighted by molar-refractivity contribution is -0.137. The fourth-order valence-electron chi connectivity index (χ4n) is 4.91. The van der Waals surface area contributed by atoms with Crippen molar-refractivity contribution in [3.63, 3.8) is 0 Å². The number of nitrogens with zero attached hydrogens (tertiary/aromatic N) is 3. The van der Waals surface area contributed by atoms with Crippen LogP contribution >= 0.6 is 0 Å². The van der Waals surface area contributed by atoms with E-state index in [2.05, 4.69) is 10.3 Å². The van der Waals surface area contributed by atoms with Gasteiger partial charge in [-0.3, -0.25) is 19.1 Å². The molecule has 0 aliphatic carbocycles. The molecule has 0 radical (unpaired) electrons. The normalized spacial score (nSPS) is 16.0. The fraction of sp³-hybridized carbons (Fsp3) is 0.226. The van der Waals surface area contributed by atoms with Crippen molar-refractivity contribution < 1.29 is 27.5 Å². The van der Waals surface area contributed by atoms with E-state index in [0.717, 1.165) is 17.0 Å². The van der Waals surface area contributed by atoms with Gasteiger partial charge in [-0.25, -0.2) is 9.78 Å². The van der Waals surface area contributed by atoms with Crippen LogP contribution in [0.4, 0.5) is 29.3 Å². The smallest absolute Gasteiger partial charge is 0.416 e. The van der Waals surface area contributed by atoms with E-state index in [1.807, 2.05) is 6.92 Å². The molecule has 11 heteroatoms. The second kappa shape index (κ2) is 11.9. The Kier molecular flexibility index (Phi) is 8.10. The van der Waals surface area contributed by atoms with E-state index in [9.17, 15) is 27.6 Å². The highest BCUT2D eigenvalue weighted by Gasteiger charge is 2.37. The number of benzene rings is 3. The van der Waals surface area contributed by atoms with Crippen molar-refractivity contribution >= 4 is 23.4 Å². The molecular formula is C31H27F3N4O4. The number of fused-ring (bicyclic) bond motifs is 1. The van der Waals surface area contributed by atoms with Crippen molar-refractivity contribution in [3.8, 4) is 0 Å². The van der Waals surface area contributed by atoms with E-state index in [1.54, 1.807) is 60.7 Å². The number of aromatic nitrogens is 2. The molecule has 1 aromatic heterocycles. The van der Waals surface area contributed by atoms with Crippen LogP contribution in [0.25, 0.3) is 0 Å². The summed E-state index contributed by atoms with van der Waals surface area (Å²) in [6.45, 7) is 1.31. The van der Waals surface area contributed by atoms with Gasteiger partial charge in [0.15, 0.2) is 0 Å². The van der Waals surface area contributed by atoms with E-state index in [1.165, 1.54) is 22.9 Å². The number of halogens is 3. The van der Waals surface area contributed by atoms with Crippen LogP contribution in [0.3, 0.4) is 0 Å². The zero-order valence-electron chi connectivity index (χ0n) is 22.5. The van der Waals surface area contributed by atoms with Gasteiger partial charge in [0.05, 0.1) is 18.3 Å². The Labute approximate surface area is 239 Å². The summed E-state index contributed by atoms with van der Waals surface area (Å²) in [4.78, 5) is 46.0. The summed E-state index contributed by atoms with van der Waals surface area (Å²) < 4.78 is 47.0. The Bertz CT molecular complexity index is 1640. The standard InChI is InChI=1S/C31H27F3N4O4/c1-20-15-25(28(39)36-24-13-6-3-7-14-24)38-27(20)35-17-26(29(38)40)37(30(41)42-19-21-9-4-2-5-10-21)18-22-11-8-12-23(16-22)31(32,33)34/h2-14,16-17,20,25H,15,18-19H2,1H3,(H,36,39). The summed E-state index contributed by atoms with van der Waals surface area (Å²) in [5.74, 6) is -0.294. The second-order valence-corrected chi connectivity index (χ2v) is 10.0. The highest BCUT2D eigenvalue weighted by Crippen LogP contribution is 2.35. The molecular weight excluding hydrogens is 549 g/mol. The SMILES string of the molecule is CC1CC(C(=O)Nc2ccccc2)n2c1ncc(N(Cc1cccc(C(F)(F)F)c1)C(=O)OCc1ccccc1)c2=O. The van der Waals surface area contributed by atoms with Gasteiger partial charge in [-0.2, -0.15) is 13.2 Å². The molecule has 216 valence electrons. The third-order valence-corrected chi connectivity index (χ3v) is 6.99. The zero-order chi connectivity index (χ0) is 29.9. The highest BCUT2D eigenvalue weighted by atomic mass is 19.4. The molecule has 2 amide bonds. The predicted octanol–water partition coefficient (Wildman–Crippen LogP) is 6.29. The molecule has 42 heavy (non-hydrogen) atoms. The third kappa shape index (κ3) is 6.19. The molecule has 4 aromatic rings. The molecule has 3 aromatic carbocycles. The van der Waals surface area contributed by atoms with Gasteiger partial charge in [0.2, 0.25) is 5.91 Å². The summed E-state index contributed by atoms with van der Waals surface area (Å²) >= 11 is 0. The Morgan fingerprint density at radius 2 is 1.67 bits per heavy atom. The molecule has 2 heterocycles. The molecule has 2 atom stereocenters. The van der Waals surface area contributed by atoms with Gasteiger partial charge >= 0.3 is 12.3 Å². The van der Waals surface area contributed by atoms with Crippen LogP contribution in [-0.4, -0.2) is 21.6 Å². The van der Waals surface area contributed by atoms with Crippen molar-refractivity contribution in [2.45, 2.75) is 44.6 Å². The average molecular weight is 577 g/mol. The van der Waals surface area contributed by atoms with Crippen LogP contribution in [0.5, 0.6) is 0 Å². The van der Waals surface area contributed by atoms with Gasteiger partial charge in [-0.05, 0) is 41.8 Å². The summed E-state index contributed by atoms with van der Waals surface area (Å²) in [6.07, 6.45) is -4.04. The van der Waals surface area contributed by atoms with Gasteiger partial charge in [0.1, 0.15) is 24.2 Å². The first kappa shape index (κ1) is 28.6. The molecule has 1 aliphatic heterocycles. The molecule has 8 nitrogen and oxygen atoms in total. The first-order chi connectivity index (χ1) is 20.1. The molecule has 0 fully saturated rings. The van der Waals surface area contributed by atoms with Crippen LogP contribution < -0.4 is 15.8 Å². The number of rotatable bonds is 7. The van der Waals surface area contributed by atoms with Crippen LogP contribution in [0.1, 0.15) is 47.8 Å².